The molecule has 0 aromatic rings. The summed E-state index contributed by atoms with van der Waals surface area (Å²) in [6.45, 7) is 18.8. The van der Waals surface area contributed by atoms with Gasteiger partial charge in [0.25, 0.3) is 0 Å². The van der Waals surface area contributed by atoms with Gasteiger partial charge in [-0.15, -0.1) is 0 Å². The SMILES string of the molecule is CC(C)(C)CO[Si](O)(O[Si](C)(C)C)O[Si](C)(C)C. The van der Waals surface area contributed by atoms with Gasteiger partial charge in [-0.2, -0.15) is 0 Å². The number of hydrogen-bond donors (Lipinski definition) is 1. The van der Waals surface area contributed by atoms with Crippen LogP contribution in [0.25, 0.3) is 0 Å². The molecular formula is C11H30O4Si3. The first-order chi connectivity index (χ1) is 7.62. The van der Waals surface area contributed by atoms with Gasteiger partial charge in [0.1, 0.15) is 0 Å². The van der Waals surface area contributed by atoms with Crippen molar-refractivity contribution >= 4 is 25.7 Å². The molecule has 0 heterocycles. The number of hydrogen-bond acceptors (Lipinski definition) is 4. The summed E-state index contributed by atoms with van der Waals surface area (Å²) >= 11 is 0. The lowest BCUT2D eigenvalue weighted by Gasteiger charge is -2.35. The molecule has 0 atom stereocenters. The maximum atomic E-state index is 10.6. The molecule has 0 aromatic heterocycles. The van der Waals surface area contributed by atoms with E-state index in [-0.39, 0.29) is 5.41 Å². The van der Waals surface area contributed by atoms with Crippen molar-refractivity contribution in [1.82, 2.24) is 0 Å². The van der Waals surface area contributed by atoms with E-state index in [0.29, 0.717) is 6.61 Å². The van der Waals surface area contributed by atoms with Crippen molar-refractivity contribution in [2.45, 2.75) is 60.1 Å². The third kappa shape index (κ3) is 10.4. The van der Waals surface area contributed by atoms with Crippen molar-refractivity contribution in [3.05, 3.63) is 0 Å². The van der Waals surface area contributed by atoms with E-state index < -0.39 is 25.7 Å². The van der Waals surface area contributed by atoms with Crippen LogP contribution >= 0.6 is 0 Å². The summed E-state index contributed by atoms with van der Waals surface area (Å²) in [6.07, 6.45) is 0. The molecule has 0 spiro atoms. The van der Waals surface area contributed by atoms with Gasteiger partial charge in [0.15, 0.2) is 16.6 Å². The number of rotatable bonds is 6. The molecule has 0 aliphatic rings. The fourth-order valence-electron chi connectivity index (χ4n) is 1.16. The van der Waals surface area contributed by atoms with Gasteiger partial charge >= 0.3 is 9.05 Å². The quantitative estimate of drug-likeness (QED) is 0.766. The van der Waals surface area contributed by atoms with Gasteiger partial charge in [0.05, 0.1) is 0 Å². The van der Waals surface area contributed by atoms with Crippen LogP contribution in [0.5, 0.6) is 0 Å². The minimum Gasteiger partial charge on any atom is -0.395 e. The highest BCUT2D eigenvalue weighted by Crippen LogP contribution is 2.22. The largest absolute Gasteiger partial charge is 0.655 e. The first-order valence-electron chi connectivity index (χ1n) is 6.39. The summed E-state index contributed by atoms with van der Waals surface area (Å²) in [5.41, 5.74) is -0.0213. The zero-order valence-electron chi connectivity index (χ0n) is 13.4. The lowest BCUT2D eigenvalue weighted by Crippen LogP contribution is -2.58. The van der Waals surface area contributed by atoms with Crippen LogP contribution < -0.4 is 0 Å². The highest BCUT2D eigenvalue weighted by atomic mass is 28.5. The average Bonchev–Trinajstić information content (AvgIpc) is 1.91. The molecule has 0 rings (SSSR count). The van der Waals surface area contributed by atoms with E-state index in [1.54, 1.807) is 0 Å². The molecule has 1 N–H and O–H groups in total. The predicted octanol–water partition coefficient (Wildman–Crippen LogP) is 3.18. The van der Waals surface area contributed by atoms with Crippen LogP contribution in [0.15, 0.2) is 0 Å². The van der Waals surface area contributed by atoms with Crippen molar-refractivity contribution in [3.63, 3.8) is 0 Å². The Bertz CT molecular complexity index is 247. The minimum absolute atomic E-state index is 0.0213. The highest BCUT2D eigenvalue weighted by Gasteiger charge is 2.48. The third-order valence-electron chi connectivity index (χ3n) is 1.56. The molecule has 0 aliphatic heterocycles. The lowest BCUT2D eigenvalue weighted by molar-refractivity contribution is 0.0459. The van der Waals surface area contributed by atoms with Crippen LogP contribution in [0.4, 0.5) is 0 Å². The van der Waals surface area contributed by atoms with Gasteiger partial charge in [-0.25, -0.2) is 0 Å². The molecule has 110 valence electrons. The molecule has 4 nitrogen and oxygen atoms in total. The van der Waals surface area contributed by atoms with Crippen LogP contribution in [0.1, 0.15) is 20.8 Å². The van der Waals surface area contributed by atoms with Crippen LogP contribution in [0.2, 0.25) is 39.3 Å². The van der Waals surface area contributed by atoms with Gasteiger partial charge in [-0.1, -0.05) is 20.8 Å². The summed E-state index contributed by atoms with van der Waals surface area (Å²) in [7, 11) is -7.32. The predicted molar refractivity (Wildman–Crippen MR) is 82.2 cm³/mol. The first-order valence-corrected chi connectivity index (χ1v) is 14.9. The Morgan fingerprint density at radius 2 is 1.17 bits per heavy atom. The second-order valence-electron chi connectivity index (χ2n) is 7.80. The standard InChI is InChI=1S/C11H30O4Si3/c1-11(2,3)10-13-18(12,14-16(4,5)6)15-17(7,8)9/h12H,10H2,1-9H3. The van der Waals surface area contributed by atoms with Gasteiger partial charge in [0.2, 0.25) is 0 Å². The fourth-order valence-corrected chi connectivity index (χ4v) is 8.98. The molecule has 0 radical (unpaired) electrons. The molecule has 0 aliphatic carbocycles. The summed E-state index contributed by atoms with van der Waals surface area (Å²) in [5.74, 6) is 0. The zero-order valence-corrected chi connectivity index (χ0v) is 16.4. The third-order valence-corrected chi connectivity index (χ3v) is 9.03. The molecule has 0 fully saturated rings. The lowest BCUT2D eigenvalue weighted by atomic mass is 9.99. The molecular weight excluding hydrogens is 280 g/mol. The van der Waals surface area contributed by atoms with Gasteiger partial charge in [-0.3, -0.25) is 0 Å². The van der Waals surface area contributed by atoms with Gasteiger partial charge < -0.3 is 17.5 Å². The maximum Gasteiger partial charge on any atom is 0.655 e. The summed E-state index contributed by atoms with van der Waals surface area (Å²) in [6, 6.07) is 0. The van der Waals surface area contributed by atoms with Crippen LogP contribution in [0, 0.1) is 5.41 Å². The van der Waals surface area contributed by atoms with E-state index in [1.807, 2.05) is 39.3 Å². The normalized spacial score (nSPS) is 15.0. The van der Waals surface area contributed by atoms with Crippen molar-refractivity contribution in [3.8, 4) is 0 Å². The van der Waals surface area contributed by atoms with E-state index in [0.717, 1.165) is 0 Å². The first kappa shape index (κ1) is 18.5. The van der Waals surface area contributed by atoms with Crippen molar-refractivity contribution in [1.29, 1.82) is 0 Å². The van der Waals surface area contributed by atoms with Gasteiger partial charge in [-0.05, 0) is 44.7 Å². The zero-order chi connectivity index (χ0) is 14.8. The van der Waals surface area contributed by atoms with E-state index in [1.165, 1.54) is 0 Å². The van der Waals surface area contributed by atoms with E-state index in [2.05, 4.69) is 20.8 Å². The topological polar surface area (TPSA) is 47.9 Å². The summed E-state index contributed by atoms with van der Waals surface area (Å²) < 4.78 is 17.3. The van der Waals surface area contributed by atoms with E-state index >= 15 is 0 Å². The molecule has 18 heavy (non-hydrogen) atoms. The molecule has 0 aromatic carbocycles. The molecule has 0 unspecified atom stereocenters. The Hall–Kier alpha value is 0.491. The smallest absolute Gasteiger partial charge is 0.395 e. The Kier molecular flexibility index (Phi) is 6.02. The Labute approximate surface area is 115 Å². The maximum absolute atomic E-state index is 10.6. The van der Waals surface area contributed by atoms with Crippen molar-refractivity contribution in [2.24, 2.45) is 5.41 Å². The second-order valence-corrected chi connectivity index (χ2v) is 19.2. The Morgan fingerprint density at radius 3 is 1.39 bits per heavy atom. The monoisotopic (exact) mass is 310 g/mol. The Morgan fingerprint density at radius 1 is 0.833 bits per heavy atom. The fraction of sp³-hybridized carbons (Fsp3) is 1.00. The Balaban J connectivity index is 4.81. The minimum atomic E-state index is -3.51. The second kappa shape index (κ2) is 5.86. The molecule has 0 saturated carbocycles. The van der Waals surface area contributed by atoms with Crippen LogP contribution in [-0.2, 0) is 12.7 Å². The summed E-state index contributed by atoms with van der Waals surface area (Å²) in [4.78, 5) is 10.6. The molecule has 0 bridgehead atoms. The van der Waals surface area contributed by atoms with Crippen molar-refractivity contribution < 1.29 is 17.5 Å². The van der Waals surface area contributed by atoms with Crippen LogP contribution in [0.3, 0.4) is 0 Å². The van der Waals surface area contributed by atoms with E-state index in [4.69, 9.17) is 12.7 Å². The molecule has 0 amide bonds. The average molecular weight is 311 g/mol. The highest BCUT2D eigenvalue weighted by molar-refractivity contribution is 6.83. The van der Waals surface area contributed by atoms with E-state index in [9.17, 15) is 4.80 Å². The molecule has 7 heteroatoms. The molecule has 0 saturated heterocycles. The summed E-state index contributed by atoms with van der Waals surface area (Å²) in [5, 5.41) is 0. The van der Waals surface area contributed by atoms with Gasteiger partial charge in [0, 0.05) is 6.61 Å². The van der Waals surface area contributed by atoms with Crippen LogP contribution in [-0.4, -0.2) is 37.1 Å². The van der Waals surface area contributed by atoms with Crippen molar-refractivity contribution in [2.75, 3.05) is 6.61 Å².